The number of aromatic nitrogens is 2. The average molecular weight is 234 g/mol. The molecule has 0 fully saturated rings. The van der Waals surface area contributed by atoms with Crippen LogP contribution in [0.5, 0.6) is 0 Å². The molecule has 0 bridgehead atoms. The van der Waals surface area contributed by atoms with Crippen LogP contribution in [0.2, 0.25) is 0 Å². The molecule has 1 aromatic heterocycles. The summed E-state index contributed by atoms with van der Waals surface area (Å²) in [5.41, 5.74) is 3.44. The summed E-state index contributed by atoms with van der Waals surface area (Å²) in [6.45, 7) is 2.23. The van der Waals surface area contributed by atoms with Crippen LogP contribution >= 0.6 is 23.3 Å². The number of nitrogen functional groups attached to an aromatic ring is 1. The van der Waals surface area contributed by atoms with Gasteiger partial charge in [0.15, 0.2) is 0 Å². The van der Waals surface area contributed by atoms with Crippen LogP contribution in [-0.2, 0) is 5.75 Å². The molecule has 0 radical (unpaired) electrons. The first kappa shape index (κ1) is 11.7. The average Bonchev–Trinajstić information content (AvgIpc) is 2.65. The molecule has 0 aliphatic heterocycles. The highest BCUT2D eigenvalue weighted by molar-refractivity contribution is 7.98. The summed E-state index contributed by atoms with van der Waals surface area (Å²) in [6.07, 6.45) is 0. The van der Waals surface area contributed by atoms with Crippen LogP contribution in [-0.4, -0.2) is 27.1 Å². The van der Waals surface area contributed by atoms with E-state index in [2.05, 4.69) is 15.0 Å². The standard InChI is InChI=1S/C7H14N4OS2/c1-5(2-12)3-13-4-6-7(9-8)14-11-10-6/h5,9,12H,2-4,8H2,1H3. The summed E-state index contributed by atoms with van der Waals surface area (Å²) < 4.78 is 3.80. The molecule has 0 aliphatic rings. The second kappa shape index (κ2) is 6.18. The predicted octanol–water partition coefficient (Wildman–Crippen LogP) is 0.685. The van der Waals surface area contributed by atoms with Crippen molar-refractivity contribution in [2.24, 2.45) is 11.8 Å². The number of aliphatic hydroxyl groups is 1. The Hall–Kier alpha value is -0.370. The molecule has 1 heterocycles. The molecule has 14 heavy (non-hydrogen) atoms. The van der Waals surface area contributed by atoms with Gasteiger partial charge in [-0.25, -0.2) is 5.84 Å². The van der Waals surface area contributed by atoms with Crippen molar-refractivity contribution in [3.8, 4) is 0 Å². The van der Waals surface area contributed by atoms with Crippen LogP contribution < -0.4 is 11.3 Å². The van der Waals surface area contributed by atoms with Crippen LogP contribution in [0.15, 0.2) is 0 Å². The van der Waals surface area contributed by atoms with Crippen molar-refractivity contribution in [3.05, 3.63) is 5.69 Å². The topological polar surface area (TPSA) is 84.1 Å². The summed E-state index contributed by atoms with van der Waals surface area (Å²) in [4.78, 5) is 0. The lowest BCUT2D eigenvalue weighted by atomic mass is 10.2. The minimum atomic E-state index is 0.226. The molecule has 0 aromatic carbocycles. The minimum Gasteiger partial charge on any atom is -0.396 e. The van der Waals surface area contributed by atoms with Crippen LogP contribution in [0, 0.1) is 5.92 Å². The molecular weight excluding hydrogens is 220 g/mol. The number of hydrogen-bond donors (Lipinski definition) is 3. The van der Waals surface area contributed by atoms with Crippen molar-refractivity contribution >= 4 is 28.3 Å². The lowest BCUT2D eigenvalue weighted by molar-refractivity contribution is 0.250. The summed E-state index contributed by atoms with van der Waals surface area (Å²) in [7, 11) is 0. The van der Waals surface area contributed by atoms with Gasteiger partial charge in [0.2, 0.25) is 0 Å². The molecule has 4 N–H and O–H groups in total. The van der Waals surface area contributed by atoms with Gasteiger partial charge in [-0.3, -0.25) is 0 Å². The van der Waals surface area contributed by atoms with Gasteiger partial charge in [-0.2, -0.15) is 11.8 Å². The Morgan fingerprint density at radius 3 is 3.14 bits per heavy atom. The van der Waals surface area contributed by atoms with Gasteiger partial charge >= 0.3 is 0 Å². The van der Waals surface area contributed by atoms with Crippen molar-refractivity contribution in [3.63, 3.8) is 0 Å². The molecule has 0 aliphatic carbocycles. The van der Waals surface area contributed by atoms with Gasteiger partial charge < -0.3 is 10.5 Å². The van der Waals surface area contributed by atoms with E-state index in [1.54, 1.807) is 11.8 Å². The van der Waals surface area contributed by atoms with Crippen molar-refractivity contribution in [1.29, 1.82) is 0 Å². The Kier molecular flexibility index (Phi) is 5.16. The fourth-order valence-electron chi connectivity index (χ4n) is 0.822. The fraction of sp³-hybridized carbons (Fsp3) is 0.714. The normalized spacial score (nSPS) is 12.8. The van der Waals surface area contributed by atoms with E-state index in [9.17, 15) is 0 Å². The monoisotopic (exact) mass is 234 g/mol. The maximum atomic E-state index is 8.82. The van der Waals surface area contributed by atoms with E-state index in [4.69, 9.17) is 10.9 Å². The molecule has 0 amide bonds. The maximum absolute atomic E-state index is 8.82. The van der Waals surface area contributed by atoms with Crippen molar-refractivity contribution in [2.45, 2.75) is 12.7 Å². The number of rotatable bonds is 6. The molecule has 80 valence electrons. The lowest BCUT2D eigenvalue weighted by Crippen LogP contribution is -2.07. The Bertz CT molecular complexity index is 268. The number of thioether (sulfide) groups is 1. The number of nitrogens with zero attached hydrogens (tertiary/aromatic N) is 2. The van der Waals surface area contributed by atoms with Gasteiger partial charge in [0.25, 0.3) is 0 Å². The molecule has 1 rings (SSSR count). The molecule has 0 saturated heterocycles. The lowest BCUT2D eigenvalue weighted by Gasteiger charge is -2.05. The Labute approximate surface area is 91.2 Å². The third-order valence-electron chi connectivity index (χ3n) is 1.64. The smallest absolute Gasteiger partial charge is 0.148 e. The van der Waals surface area contributed by atoms with E-state index in [0.29, 0.717) is 5.92 Å². The van der Waals surface area contributed by atoms with Gasteiger partial charge in [-0.05, 0) is 11.7 Å². The minimum absolute atomic E-state index is 0.226. The highest BCUT2D eigenvalue weighted by Crippen LogP contribution is 2.22. The van der Waals surface area contributed by atoms with Crippen LogP contribution in [0.1, 0.15) is 12.6 Å². The third kappa shape index (κ3) is 3.41. The maximum Gasteiger partial charge on any atom is 0.148 e. The number of hydrazine groups is 1. The number of aliphatic hydroxyl groups excluding tert-OH is 1. The van der Waals surface area contributed by atoms with Gasteiger partial charge in [0, 0.05) is 23.9 Å². The molecule has 5 nitrogen and oxygen atoms in total. The first-order valence-corrected chi connectivity index (χ1v) is 6.17. The molecule has 7 heteroatoms. The van der Waals surface area contributed by atoms with Crippen LogP contribution in [0.4, 0.5) is 5.00 Å². The van der Waals surface area contributed by atoms with Crippen LogP contribution in [0.25, 0.3) is 0 Å². The summed E-state index contributed by atoms with van der Waals surface area (Å²) in [6, 6.07) is 0. The highest BCUT2D eigenvalue weighted by atomic mass is 32.2. The zero-order chi connectivity index (χ0) is 10.4. The van der Waals surface area contributed by atoms with Gasteiger partial charge in [0.1, 0.15) is 10.7 Å². The molecule has 1 atom stereocenters. The Balaban J connectivity index is 2.31. The van der Waals surface area contributed by atoms with E-state index in [1.807, 2.05) is 6.92 Å². The summed E-state index contributed by atoms with van der Waals surface area (Å²) >= 11 is 2.98. The Morgan fingerprint density at radius 2 is 2.50 bits per heavy atom. The van der Waals surface area contributed by atoms with Gasteiger partial charge in [-0.15, -0.1) is 5.10 Å². The van der Waals surface area contributed by atoms with E-state index < -0.39 is 0 Å². The molecular formula is C7H14N4OS2. The number of anilines is 1. The number of nitrogens with two attached hydrogens (primary N) is 1. The Morgan fingerprint density at radius 1 is 1.71 bits per heavy atom. The first-order chi connectivity index (χ1) is 6.77. The quantitative estimate of drug-likeness (QED) is 0.496. The SMILES string of the molecule is CC(CO)CSCc1nnsc1NN. The first-order valence-electron chi connectivity index (χ1n) is 4.24. The summed E-state index contributed by atoms with van der Waals surface area (Å²) in [5, 5.41) is 13.6. The van der Waals surface area contributed by atoms with Crippen molar-refractivity contribution < 1.29 is 5.11 Å². The van der Waals surface area contributed by atoms with E-state index in [-0.39, 0.29) is 6.61 Å². The number of hydrogen-bond acceptors (Lipinski definition) is 7. The van der Waals surface area contributed by atoms with Gasteiger partial charge in [-0.1, -0.05) is 11.4 Å². The van der Waals surface area contributed by atoms with E-state index >= 15 is 0 Å². The fourth-order valence-corrected chi connectivity index (χ4v) is 2.43. The number of nitrogens with one attached hydrogen (secondary N) is 1. The van der Waals surface area contributed by atoms with Crippen molar-refractivity contribution in [1.82, 2.24) is 9.59 Å². The molecule has 1 unspecified atom stereocenters. The molecule has 0 spiro atoms. The predicted molar refractivity (Wildman–Crippen MR) is 60.1 cm³/mol. The largest absolute Gasteiger partial charge is 0.396 e. The second-order valence-electron chi connectivity index (χ2n) is 3.00. The van der Waals surface area contributed by atoms with Gasteiger partial charge in [0.05, 0.1) is 0 Å². The highest BCUT2D eigenvalue weighted by Gasteiger charge is 2.07. The van der Waals surface area contributed by atoms with E-state index in [0.717, 1.165) is 22.2 Å². The van der Waals surface area contributed by atoms with Crippen LogP contribution in [0.3, 0.4) is 0 Å². The van der Waals surface area contributed by atoms with Crippen molar-refractivity contribution in [2.75, 3.05) is 17.8 Å². The third-order valence-corrected chi connectivity index (χ3v) is 3.62. The molecule has 1 aromatic rings. The zero-order valence-electron chi connectivity index (χ0n) is 7.93. The molecule has 0 saturated carbocycles. The summed E-state index contributed by atoms with van der Waals surface area (Å²) in [5.74, 6) is 7.30. The zero-order valence-corrected chi connectivity index (χ0v) is 9.57. The second-order valence-corrected chi connectivity index (χ2v) is 4.78. The van der Waals surface area contributed by atoms with E-state index in [1.165, 1.54) is 11.5 Å².